The molecule has 6 heteroatoms. The Labute approximate surface area is 136 Å². The first kappa shape index (κ1) is 17.1. The molecule has 1 atom stereocenters. The fourth-order valence-corrected chi connectivity index (χ4v) is 3.12. The molecule has 0 unspecified atom stereocenters. The van der Waals surface area contributed by atoms with E-state index in [1.807, 2.05) is 31.1 Å². The van der Waals surface area contributed by atoms with Gasteiger partial charge in [-0.1, -0.05) is 11.3 Å². The van der Waals surface area contributed by atoms with Crippen molar-refractivity contribution in [3.05, 3.63) is 11.6 Å². The van der Waals surface area contributed by atoms with Crippen molar-refractivity contribution in [1.82, 2.24) is 9.88 Å². The van der Waals surface area contributed by atoms with Crippen molar-refractivity contribution in [3.8, 4) is 5.19 Å². The third-order valence-electron chi connectivity index (χ3n) is 3.56. The first-order valence-electron chi connectivity index (χ1n) is 7.94. The van der Waals surface area contributed by atoms with Crippen LogP contribution in [0.3, 0.4) is 0 Å². The Bertz CT molecular complexity index is 456. The van der Waals surface area contributed by atoms with E-state index in [2.05, 4.69) is 4.98 Å². The van der Waals surface area contributed by atoms with Crippen LogP contribution in [0.25, 0.3) is 0 Å². The van der Waals surface area contributed by atoms with Gasteiger partial charge in [0.25, 0.3) is 5.19 Å². The molecule has 1 fully saturated rings. The molecule has 0 radical (unpaired) electrons. The highest BCUT2D eigenvalue weighted by Crippen LogP contribution is 2.23. The van der Waals surface area contributed by atoms with E-state index >= 15 is 0 Å². The molecule has 0 N–H and O–H groups in total. The van der Waals surface area contributed by atoms with Gasteiger partial charge in [0.15, 0.2) is 0 Å². The number of thiazole rings is 1. The number of hydrogen-bond acceptors (Lipinski definition) is 5. The molecule has 0 spiro atoms. The Balaban J connectivity index is 1.68. The van der Waals surface area contributed by atoms with Crippen molar-refractivity contribution >= 4 is 17.4 Å². The summed E-state index contributed by atoms with van der Waals surface area (Å²) in [6, 6.07) is 0. The van der Waals surface area contributed by atoms with Crippen LogP contribution in [-0.2, 0) is 4.74 Å². The molecular formula is C16H26N2O3S. The largest absolute Gasteiger partial charge is 0.470 e. The minimum absolute atomic E-state index is 0.184. The predicted molar refractivity (Wildman–Crippen MR) is 87.4 cm³/mol. The van der Waals surface area contributed by atoms with Crippen LogP contribution in [0.15, 0.2) is 11.6 Å². The van der Waals surface area contributed by atoms with Gasteiger partial charge in [-0.05, 0) is 52.4 Å². The van der Waals surface area contributed by atoms with Gasteiger partial charge < -0.3 is 14.4 Å². The predicted octanol–water partition coefficient (Wildman–Crippen LogP) is 3.95. The summed E-state index contributed by atoms with van der Waals surface area (Å²) in [4.78, 5) is 18.1. The van der Waals surface area contributed by atoms with Gasteiger partial charge in [-0.2, -0.15) is 0 Å². The van der Waals surface area contributed by atoms with E-state index in [4.69, 9.17) is 9.47 Å². The molecule has 1 aromatic rings. The lowest BCUT2D eigenvalue weighted by Crippen LogP contribution is -2.42. The number of carbonyl (C=O) groups is 1. The quantitative estimate of drug-likeness (QED) is 0.769. The topological polar surface area (TPSA) is 51.7 Å². The second-order valence-corrected chi connectivity index (χ2v) is 7.58. The number of hydrogen-bond donors (Lipinski definition) is 0. The highest BCUT2D eigenvalue weighted by Gasteiger charge is 2.27. The smallest absolute Gasteiger partial charge is 0.410 e. The van der Waals surface area contributed by atoms with E-state index in [1.54, 1.807) is 6.20 Å². The number of carbonyl (C=O) groups excluding carboxylic acids is 1. The van der Waals surface area contributed by atoms with Gasteiger partial charge in [0, 0.05) is 24.7 Å². The molecule has 0 aliphatic carbocycles. The molecule has 1 amide bonds. The van der Waals surface area contributed by atoms with Crippen LogP contribution >= 0.6 is 11.3 Å². The van der Waals surface area contributed by atoms with E-state index in [9.17, 15) is 4.79 Å². The Morgan fingerprint density at radius 3 is 3.00 bits per heavy atom. The maximum absolute atomic E-state index is 12.1. The summed E-state index contributed by atoms with van der Waals surface area (Å²) in [5, 5.41) is 2.65. The van der Waals surface area contributed by atoms with E-state index in [0.717, 1.165) is 37.5 Å². The molecule has 1 aromatic heterocycles. The fraction of sp³-hybridized carbons (Fsp3) is 0.750. The van der Waals surface area contributed by atoms with Gasteiger partial charge in [-0.25, -0.2) is 9.78 Å². The maximum atomic E-state index is 12.1. The SMILES string of the molecule is CC(C)(C)OC(=O)N1CCC[C@@H](CCCOc2nccs2)C1. The van der Waals surface area contributed by atoms with Gasteiger partial charge in [-0.3, -0.25) is 0 Å². The zero-order chi connectivity index (χ0) is 16.0. The highest BCUT2D eigenvalue weighted by molar-refractivity contribution is 7.11. The summed E-state index contributed by atoms with van der Waals surface area (Å²) < 4.78 is 11.0. The molecule has 124 valence electrons. The summed E-state index contributed by atoms with van der Waals surface area (Å²) in [7, 11) is 0. The average molecular weight is 326 g/mol. The first-order valence-corrected chi connectivity index (χ1v) is 8.82. The van der Waals surface area contributed by atoms with Gasteiger partial charge in [0.05, 0.1) is 6.61 Å². The van der Waals surface area contributed by atoms with Gasteiger partial charge >= 0.3 is 6.09 Å². The molecule has 22 heavy (non-hydrogen) atoms. The normalized spacial score (nSPS) is 19.0. The average Bonchev–Trinajstić information content (AvgIpc) is 2.95. The monoisotopic (exact) mass is 326 g/mol. The van der Waals surface area contributed by atoms with Crippen LogP contribution in [0.1, 0.15) is 46.5 Å². The molecular weight excluding hydrogens is 300 g/mol. The number of amides is 1. The summed E-state index contributed by atoms with van der Waals surface area (Å²) in [5.41, 5.74) is -0.425. The van der Waals surface area contributed by atoms with Crippen LogP contribution in [-0.4, -0.2) is 41.3 Å². The lowest BCUT2D eigenvalue weighted by Gasteiger charge is -2.34. The van der Waals surface area contributed by atoms with Crippen LogP contribution in [0.4, 0.5) is 4.79 Å². The molecule has 0 aromatic carbocycles. The van der Waals surface area contributed by atoms with E-state index < -0.39 is 5.60 Å². The number of nitrogens with zero attached hydrogens (tertiary/aromatic N) is 2. The minimum atomic E-state index is -0.425. The number of aromatic nitrogens is 1. The maximum Gasteiger partial charge on any atom is 0.410 e. The summed E-state index contributed by atoms with van der Waals surface area (Å²) in [6.45, 7) is 8.01. The second kappa shape index (κ2) is 7.81. The van der Waals surface area contributed by atoms with Crippen molar-refractivity contribution in [2.24, 2.45) is 5.92 Å². The van der Waals surface area contributed by atoms with Crippen LogP contribution in [0.5, 0.6) is 5.19 Å². The first-order chi connectivity index (χ1) is 10.4. The lowest BCUT2D eigenvalue weighted by molar-refractivity contribution is 0.0159. The van der Waals surface area contributed by atoms with Crippen LogP contribution < -0.4 is 4.74 Å². The molecule has 1 aliphatic heterocycles. The number of likely N-dealkylation sites (tertiary alicyclic amines) is 1. The molecule has 1 aliphatic rings. The Morgan fingerprint density at radius 1 is 1.50 bits per heavy atom. The van der Waals surface area contributed by atoms with E-state index in [0.29, 0.717) is 12.5 Å². The molecule has 5 nitrogen and oxygen atoms in total. The summed E-state index contributed by atoms with van der Waals surface area (Å²) in [6.07, 6.45) is 5.86. The van der Waals surface area contributed by atoms with Crippen molar-refractivity contribution in [2.75, 3.05) is 19.7 Å². The number of rotatable bonds is 5. The Morgan fingerprint density at radius 2 is 2.32 bits per heavy atom. The molecule has 2 rings (SSSR count). The van der Waals surface area contributed by atoms with E-state index in [-0.39, 0.29) is 6.09 Å². The van der Waals surface area contributed by atoms with Gasteiger partial charge in [0.1, 0.15) is 5.60 Å². The lowest BCUT2D eigenvalue weighted by atomic mass is 9.94. The van der Waals surface area contributed by atoms with E-state index in [1.165, 1.54) is 17.8 Å². The standard InChI is InChI=1S/C16H26N2O3S/c1-16(2,3)21-15(19)18-9-4-6-13(12-18)7-5-10-20-14-17-8-11-22-14/h8,11,13H,4-7,9-10,12H2,1-3H3/t13-/m0/s1. The molecule has 1 saturated heterocycles. The third-order valence-corrected chi connectivity index (χ3v) is 4.25. The van der Waals surface area contributed by atoms with Gasteiger partial charge in [0.2, 0.25) is 0 Å². The minimum Gasteiger partial charge on any atom is -0.470 e. The van der Waals surface area contributed by atoms with Crippen molar-refractivity contribution in [3.63, 3.8) is 0 Å². The fourth-order valence-electron chi connectivity index (χ4n) is 2.61. The molecule has 0 bridgehead atoms. The highest BCUT2D eigenvalue weighted by atomic mass is 32.1. The molecule has 0 saturated carbocycles. The van der Waals surface area contributed by atoms with Crippen molar-refractivity contribution in [2.45, 2.75) is 52.1 Å². The van der Waals surface area contributed by atoms with Crippen molar-refractivity contribution in [1.29, 1.82) is 0 Å². The summed E-state index contributed by atoms with van der Waals surface area (Å²) in [5.74, 6) is 0.543. The summed E-state index contributed by atoms with van der Waals surface area (Å²) >= 11 is 1.52. The number of ether oxygens (including phenoxy) is 2. The van der Waals surface area contributed by atoms with Crippen molar-refractivity contribution < 1.29 is 14.3 Å². The number of piperidine rings is 1. The Hall–Kier alpha value is -1.30. The third kappa shape index (κ3) is 5.83. The molecule has 2 heterocycles. The zero-order valence-corrected chi connectivity index (χ0v) is 14.5. The van der Waals surface area contributed by atoms with Crippen LogP contribution in [0.2, 0.25) is 0 Å². The van der Waals surface area contributed by atoms with Gasteiger partial charge in [-0.15, -0.1) is 0 Å². The second-order valence-electron chi connectivity index (χ2n) is 6.72. The zero-order valence-electron chi connectivity index (χ0n) is 13.7. The van der Waals surface area contributed by atoms with Crippen LogP contribution in [0, 0.1) is 5.92 Å². The Kier molecular flexibility index (Phi) is 6.06.